The molecule has 1 aliphatic heterocycles. The highest BCUT2D eigenvalue weighted by Crippen LogP contribution is 2.36. The molecule has 2 aliphatic rings. The molecule has 3 unspecified atom stereocenters. The molecule has 3 heteroatoms. The van der Waals surface area contributed by atoms with Gasteiger partial charge in [0.25, 0.3) is 0 Å². The lowest BCUT2D eigenvalue weighted by Gasteiger charge is -2.38. The predicted molar refractivity (Wildman–Crippen MR) is 71.1 cm³/mol. The van der Waals surface area contributed by atoms with Crippen molar-refractivity contribution < 1.29 is 5.11 Å². The third kappa shape index (κ3) is 3.67. The van der Waals surface area contributed by atoms with Crippen LogP contribution in [0.15, 0.2) is 0 Å². The Bertz CT molecular complexity index is 232. The van der Waals surface area contributed by atoms with Gasteiger partial charge in [-0.05, 0) is 38.1 Å². The number of rotatable bonds is 5. The lowest BCUT2D eigenvalue weighted by atomic mass is 9.92. The number of likely N-dealkylation sites (tertiary alicyclic amines) is 1. The number of hydrogen-bond donors (Lipinski definition) is 2. The first kappa shape index (κ1) is 13.3. The fraction of sp³-hybridized carbons (Fsp3) is 1.00. The van der Waals surface area contributed by atoms with Crippen molar-refractivity contribution in [2.45, 2.75) is 64.1 Å². The summed E-state index contributed by atoms with van der Waals surface area (Å²) in [4.78, 5) is 2.55. The normalized spacial score (nSPS) is 31.8. The van der Waals surface area contributed by atoms with Gasteiger partial charge in [0.1, 0.15) is 0 Å². The molecule has 1 saturated carbocycles. The lowest BCUT2D eigenvalue weighted by Crippen LogP contribution is -2.48. The minimum absolute atomic E-state index is 0.211. The molecule has 100 valence electrons. The summed E-state index contributed by atoms with van der Waals surface area (Å²) < 4.78 is 0. The molecule has 3 nitrogen and oxygen atoms in total. The largest absolute Gasteiger partial charge is 0.390 e. The van der Waals surface area contributed by atoms with Gasteiger partial charge in [0.2, 0.25) is 0 Å². The summed E-state index contributed by atoms with van der Waals surface area (Å²) in [6, 6.07) is 1.24. The average Bonchev–Trinajstić information content (AvgIpc) is 2.75. The summed E-state index contributed by atoms with van der Waals surface area (Å²) >= 11 is 0. The van der Waals surface area contributed by atoms with Gasteiger partial charge in [0, 0.05) is 25.2 Å². The molecule has 0 radical (unpaired) electrons. The van der Waals surface area contributed by atoms with Crippen LogP contribution < -0.4 is 5.32 Å². The van der Waals surface area contributed by atoms with E-state index in [0.717, 1.165) is 25.0 Å². The molecule has 17 heavy (non-hydrogen) atoms. The number of fused-ring (bicyclic) bond motifs is 1. The fourth-order valence-electron chi connectivity index (χ4n) is 3.49. The Morgan fingerprint density at radius 2 is 2.00 bits per heavy atom. The number of nitrogens with zero attached hydrogens (tertiary/aromatic N) is 1. The van der Waals surface area contributed by atoms with Crippen LogP contribution in [-0.2, 0) is 0 Å². The Kier molecular flexibility index (Phi) is 4.83. The van der Waals surface area contributed by atoms with Crippen molar-refractivity contribution in [2.24, 2.45) is 5.92 Å². The van der Waals surface area contributed by atoms with E-state index < -0.39 is 0 Å². The SMILES string of the molecule is CC(C)NCC(O)CN1CCCC2CCCC21. The number of aliphatic hydroxyl groups is 1. The first-order valence-corrected chi connectivity index (χ1v) is 7.32. The average molecular weight is 240 g/mol. The van der Waals surface area contributed by atoms with E-state index in [-0.39, 0.29) is 6.10 Å². The zero-order valence-corrected chi connectivity index (χ0v) is 11.4. The highest BCUT2D eigenvalue weighted by atomic mass is 16.3. The Morgan fingerprint density at radius 3 is 2.76 bits per heavy atom. The summed E-state index contributed by atoms with van der Waals surface area (Å²) in [5.74, 6) is 0.925. The van der Waals surface area contributed by atoms with E-state index in [9.17, 15) is 5.11 Å². The van der Waals surface area contributed by atoms with Crippen LogP contribution in [0.3, 0.4) is 0 Å². The Labute approximate surface area is 106 Å². The Morgan fingerprint density at radius 1 is 1.24 bits per heavy atom. The molecule has 1 heterocycles. The standard InChI is InChI=1S/C14H28N2O/c1-11(2)15-9-13(17)10-16-8-4-6-12-5-3-7-14(12)16/h11-15,17H,3-10H2,1-2H3. The van der Waals surface area contributed by atoms with Gasteiger partial charge in [-0.1, -0.05) is 20.3 Å². The van der Waals surface area contributed by atoms with E-state index in [0.29, 0.717) is 6.04 Å². The van der Waals surface area contributed by atoms with Gasteiger partial charge in [-0.2, -0.15) is 0 Å². The molecular weight excluding hydrogens is 212 g/mol. The second-order valence-electron chi connectivity index (χ2n) is 6.11. The summed E-state index contributed by atoms with van der Waals surface area (Å²) in [5.41, 5.74) is 0. The molecule has 1 saturated heterocycles. The van der Waals surface area contributed by atoms with Gasteiger partial charge in [0.15, 0.2) is 0 Å². The van der Waals surface area contributed by atoms with Crippen LogP contribution in [0.5, 0.6) is 0 Å². The van der Waals surface area contributed by atoms with Gasteiger partial charge < -0.3 is 10.4 Å². The lowest BCUT2D eigenvalue weighted by molar-refractivity contribution is 0.0504. The number of aliphatic hydroxyl groups excluding tert-OH is 1. The molecular formula is C14H28N2O. The van der Waals surface area contributed by atoms with Crippen molar-refractivity contribution in [1.29, 1.82) is 0 Å². The van der Waals surface area contributed by atoms with Crippen molar-refractivity contribution in [3.05, 3.63) is 0 Å². The highest BCUT2D eigenvalue weighted by Gasteiger charge is 2.35. The van der Waals surface area contributed by atoms with Gasteiger partial charge >= 0.3 is 0 Å². The molecule has 0 bridgehead atoms. The Hall–Kier alpha value is -0.120. The van der Waals surface area contributed by atoms with E-state index in [1.54, 1.807) is 0 Å². The summed E-state index contributed by atoms with van der Waals surface area (Å²) in [7, 11) is 0. The van der Waals surface area contributed by atoms with Gasteiger partial charge in [-0.3, -0.25) is 4.90 Å². The minimum Gasteiger partial charge on any atom is -0.390 e. The van der Waals surface area contributed by atoms with Crippen LogP contribution in [0, 0.1) is 5.92 Å². The smallest absolute Gasteiger partial charge is 0.0791 e. The van der Waals surface area contributed by atoms with E-state index in [2.05, 4.69) is 24.1 Å². The maximum atomic E-state index is 10.1. The molecule has 0 amide bonds. The maximum absolute atomic E-state index is 10.1. The number of piperidine rings is 1. The molecule has 2 rings (SSSR count). The maximum Gasteiger partial charge on any atom is 0.0791 e. The van der Waals surface area contributed by atoms with Gasteiger partial charge in [-0.15, -0.1) is 0 Å². The summed E-state index contributed by atoms with van der Waals surface area (Å²) in [5, 5.41) is 13.4. The van der Waals surface area contributed by atoms with Crippen LogP contribution in [0.1, 0.15) is 46.0 Å². The first-order chi connectivity index (χ1) is 8.16. The van der Waals surface area contributed by atoms with Crippen LogP contribution in [0.25, 0.3) is 0 Å². The first-order valence-electron chi connectivity index (χ1n) is 7.32. The summed E-state index contributed by atoms with van der Waals surface area (Å²) in [6.07, 6.45) is 6.70. The van der Waals surface area contributed by atoms with E-state index in [1.807, 2.05) is 0 Å². The van der Waals surface area contributed by atoms with Crippen LogP contribution >= 0.6 is 0 Å². The predicted octanol–water partition coefficient (Wildman–Crippen LogP) is 1.61. The molecule has 0 aromatic heterocycles. The second-order valence-corrected chi connectivity index (χ2v) is 6.11. The molecule has 0 aromatic rings. The molecule has 0 spiro atoms. The molecule has 2 N–H and O–H groups in total. The van der Waals surface area contributed by atoms with Crippen LogP contribution in [0.4, 0.5) is 0 Å². The zero-order valence-electron chi connectivity index (χ0n) is 11.4. The van der Waals surface area contributed by atoms with E-state index >= 15 is 0 Å². The quantitative estimate of drug-likeness (QED) is 0.766. The van der Waals surface area contributed by atoms with Crippen molar-refractivity contribution in [2.75, 3.05) is 19.6 Å². The second kappa shape index (κ2) is 6.17. The fourth-order valence-corrected chi connectivity index (χ4v) is 3.49. The number of hydrogen-bond acceptors (Lipinski definition) is 3. The minimum atomic E-state index is -0.211. The molecule has 1 aliphatic carbocycles. The van der Waals surface area contributed by atoms with Crippen molar-refractivity contribution in [3.8, 4) is 0 Å². The third-order valence-electron chi connectivity index (χ3n) is 4.32. The van der Waals surface area contributed by atoms with Crippen LogP contribution in [-0.4, -0.2) is 47.8 Å². The molecule has 3 atom stereocenters. The molecule has 0 aromatic carbocycles. The van der Waals surface area contributed by atoms with E-state index in [1.165, 1.54) is 38.6 Å². The highest BCUT2D eigenvalue weighted by molar-refractivity contribution is 4.90. The topological polar surface area (TPSA) is 35.5 Å². The number of β-amino-alcohol motifs (C(OH)–C–C–N with tert-alkyl or cyclic N) is 1. The number of nitrogens with one attached hydrogen (secondary N) is 1. The Balaban J connectivity index is 1.77. The van der Waals surface area contributed by atoms with Gasteiger partial charge in [0.05, 0.1) is 6.10 Å². The zero-order chi connectivity index (χ0) is 12.3. The third-order valence-corrected chi connectivity index (χ3v) is 4.32. The monoisotopic (exact) mass is 240 g/mol. The van der Waals surface area contributed by atoms with E-state index in [4.69, 9.17) is 0 Å². The van der Waals surface area contributed by atoms with Crippen molar-refractivity contribution in [1.82, 2.24) is 10.2 Å². The van der Waals surface area contributed by atoms with Gasteiger partial charge in [-0.25, -0.2) is 0 Å². The molecule has 2 fully saturated rings. The summed E-state index contributed by atoms with van der Waals surface area (Å²) in [6.45, 7) is 7.04. The van der Waals surface area contributed by atoms with Crippen molar-refractivity contribution >= 4 is 0 Å². The van der Waals surface area contributed by atoms with Crippen LogP contribution in [0.2, 0.25) is 0 Å². The van der Waals surface area contributed by atoms with Crippen molar-refractivity contribution in [3.63, 3.8) is 0 Å².